The fourth-order valence-corrected chi connectivity index (χ4v) is 5.08. The summed E-state index contributed by atoms with van der Waals surface area (Å²) in [5.74, 6) is -0.427. The number of hydrogen-bond donors (Lipinski definition) is 1. The predicted molar refractivity (Wildman–Crippen MR) is 99.9 cm³/mol. The first kappa shape index (κ1) is 18.9. The second-order valence-corrected chi connectivity index (χ2v) is 9.29. The molecule has 0 bridgehead atoms. The van der Waals surface area contributed by atoms with Crippen LogP contribution in [-0.4, -0.2) is 38.6 Å². The smallest absolute Gasteiger partial charge is 0.223 e. The molecule has 0 spiro atoms. The molecule has 2 aliphatic rings. The van der Waals surface area contributed by atoms with Crippen LogP contribution in [-0.2, 0) is 25.8 Å². The van der Waals surface area contributed by atoms with Gasteiger partial charge in [0.1, 0.15) is 0 Å². The lowest BCUT2D eigenvalue weighted by molar-refractivity contribution is -0.121. The predicted octanol–water partition coefficient (Wildman–Crippen LogP) is 2.21. The average molecular weight is 378 g/mol. The second-order valence-electron chi connectivity index (χ2n) is 7.18. The largest absolute Gasteiger partial charge is 0.353 e. The summed E-state index contributed by atoms with van der Waals surface area (Å²) in [5, 5.41) is 2.96. The minimum Gasteiger partial charge on any atom is -0.353 e. The van der Waals surface area contributed by atoms with E-state index in [0.29, 0.717) is 13.0 Å². The molecular formula is C19H26N2O4S. The van der Waals surface area contributed by atoms with Crippen molar-refractivity contribution in [3.63, 3.8) is 0 Å². The highest BCUT2D eigenvalue weighted by molar-refractivity contribution is 7.91. The number of carbonyl (C=O) groups excluding carboxylic acids is 2. The Hall–Kier alpha value is -1.89. The summed E-state index contributed by atoms with van der Waals surface area (Å²) >= 11 is 0. The third-order valence-corrected chi connectivity index (χ3v) is 6.97. The first-order valence-electron chi connectivity index (χ1n) is 9.30. The van der Waals surface area contributed by atoms with E-state index >= 15 is 0 Å². The lowest BCUT2D eigenvalue weighted by Crippen LogP contribution is -2.36. The Kier molecular flexibility index (Phi) is 5.65. The van der Waals surface area contributed by atoms with Gasteiger partial charge in [-0.1, -0.05) is 19.3 Å². The summed E-state index contributed by atoms with van der Waals surface area (Å²) in [6, 6.07) is 5.07. The third-order valence-electron chi connectivity index (χ3n) is 5.25. The van der Waals surface area contributed by atoms with Gasteiger partial charge in [-0.2, -0.15) is 0 Å². The molecule has 0 aromatic heterocycles. The Morgan fingerprint density at radius 1 is 1.19 bits per heavy atom. The van der Waals surface area contributed by atoms with Gasteiger partial charge in [-0.3, -0.25) is 9.59 Å². The Morgan fingerprint density at radius 2 is 1.92 bits per heavy atom. The van der Waals surface area contributed by atoms with Crippen molar-refractivity contribution in [3.05, 3.63) is 23.8 Å². The highest BCUT2D eigenvalue weighted by atomic mass is 32.2. The van der Waals surface area contributed by atoms with E-state index in [-0.39, 0.29) is 34.9 Å². The van der Waals surface area contributed by atoms with Crippen LogP contribution in [0.5, 0.6) is 0 Å². The molecule has 0 saturated heterocycles. The van der Waals surface area contributed by atoms with Gasteiger partial charge in [-0.05, 0) is 43.0 Å². The molecule has 2 amide bonds. The summed E-state index contributed by atoms with van der Waals surface area (Å²) in [4.78, 5) is 25.6. The number of nitrogens with zero attached hydrogens (tertiary/aromatic N) is 1. The number of hydrogen-bond acceptors (Lipinski definition) is 4. The van der Waals surface area contributed by atoms with Gasteiger partial charge < -0.3 is 10.2 Å². The molecule has 1 aromatic rings. The van der Waals surface area contributed by atoms with Gasteiger partial charge in [-0.15, -0.1) is 0 Å². The lowest BCUT2D eigenvalue weighted by atomic mass is 9.95. The summed E-state index contributed by atoms with van der Waals surface area (Å²) < 4.78 is 25.2. The Morgan fingerprint density at radius 3 is 2.62 bits per heavy atom. The van der Waals surface area contributed by atoms with Crippen LogP contribution in [0.25, 0.3) is 0 Å². The molecule has 0 atom stereocenters. The molecule has 1 aromatic carbocycles. The van der Waals surface area contributed by atoms with Crippen LogP contribution in [0.2, 0.25) is 0 Å². The third kappa shape index (κ3) is 4.26. The monoisotopic (exact) mass is 378 g/mol. The zero-order valence-electron chi connectivity index (χ0n) is 15.2. The maximum Gasteiger partial charge on any atom is 0.223 e. The van der Waals surface area contributed by atoms with E-state index in [1.807, 2.05) is 0 Å². The van der Waals surface area contributed by atoms with Gasteiger partial charge in [0.05, 0.1) is 10.6 Å². The van der Waals surface area contributed by atoms with Gasteiger partial charge in [0.15, 0.2) is 9.84 Å². The lowest BCUT2D eigenvalue weighted by Gasteiger charge is -2.22. The van der Waals surface area contributed by atoms with Crippen molar-refractivity contribution >= 4 is 27.3 Å². The minimum atomic E-state index is -3.52. The molecule has 0 unspecified atom stereocenters. The molecule has 1 saturated carbocycles. The molecule has 1 N–H and O–H groups in total. The van der Waals surface area contributed by atoms with Crippen molar-refractivity contribution in [2.24, 2.45) is 0 Å². The highest BCUT2D eigenvalue weighted by Gasteiger charge is 2.25. The summed E-state index contributed by atoms with van der Waals surface area (Å²) in [5.41, 5.74) is 1.65. The molecule has 6 nitrogen and oxygen atoms in total. The zero-order valence-corrected chi connectivity index (χ0v) is 16.0. The van der Waals surface area contributed by atoms with Crippen LogP contribution in [0.15, 0.2) is 23.1 Å². The van der Waals surface area contributed by atoms with E-state index in [2.05, 4.69) is 5.32 Å². The van der Waals surface area contributed by atoms with Crippen molar-refractivity contribution in [3.8, 4) is 0 Å². The number of sulfone groups is 1. The summed E-state index contributed by atoms with van der Waals surface area (Å²) in [6.45, 7) is 2.09. The molecule has 1 aliphatic carbocycles. The van der Waals surface area contributed by atoms with E-state index in [1.54, 1.807) is 17.0 Å². The molecule has 26 heavy (non-hydrogen) atoms. The Bertz CT molecular complexity index is 798. The van der Waals surface area contributed by atoms with Gasteiger partial charge in [-0.25, -0.2) is 8.42 Å². The number of benzene rings is 1. The molecule has 3 rings (SSSR count). The molecular weight excluding hydrogens is 352 g/mol. The van der Waals surface area contributed by atoms with Gasteiger partial charge in [0.25, 0.3) is 0 Å². The van der Waals surface area contributed by atoms with Crippen LogP contribution in [0, 0.1) is 0 Å². The second kappa shape index (κ2) is 7.78. The normalized spacial score (nSPS) is 17.8. The molecule has 1 heterocycles. The van der Waals surface area contributed by atoms with Gasteiger partial charge in [0.2, 0.25) is 11.8 Å². The van der Waals surface area contributed by atoms with Crippen LogP contribution in [0.4, 0.5) is 5.69 Å². The first-order chi connectivity index (χ1) is 12.4. The number of rotatable bonds is 5. The van der Waals surface area contributed by atoms with Crippen LogP contribution in [0.1, 0.15) is 51.0 Å². The van der Waals surface area contributed by atoms with Crippen molar-refractivity contribution in [1.82, 2.24) is 5.32 Å². The number of anilines is 1. The minimum absolute atomic E-state index is 0.0184. The van der Waals surface area contributed by atoms with Crippen molar-refractivity contribution in [2.75, 3.05) is 17.2 Å². The number of amides is 2. The molecule has 0 radical (unpaired) electrons. The Labute approximate surface area is 154 Å². The zero-order chi connectivity index (χ0) is 18.7. The van der Waals surface area contributed by atoms with E-state index in [9.17, 15) is 18.0 Å². The van der Waals surface area contributed by atoms with Crippen LogP contribution < -0.4 is 10.2 Å². The number of fused-ring (bicyclic) bond motifs is 1. The van der Waals surface area contributed by atoms with Gasteiger partial charge >= 0.3 is 0 Å². The van der Waals surface area contributed by atoms with Crippen molar-refractivity contribution < 1.29 is 18.0 Å². The number of carbonyl (C=O) groups is 2. The Balaban J connectivity index is 1.61. The highest BCUT2D eigenvalue weighted by Crippen LogP contribution is 2.30. The van der Waals surface area contributed by atoms with Crippen LogP contribution >= 0.6 is 0 Å². The fraction of sp³-hybridized carbons (Fsp3) is 0.579. The molecule has 142 valence electrons. The van der Waals surface area contributed by atoms with E-state index < -0.39 is 9.84 Å². The topological polar surface area (TPSA) is 83.6 Å². The van der Waals surface area contributed by atoms with E-state index in [1.165, 1.54) is 19.4 Å². The van der Waals surface area contributed by atoms with Crippen LogP contribution in [0.3, 0.4) is 0 Å². The summed E-state index contributed by atoms with van der Waals surface area (Å²) in [7, 11) is -3.52. The quantitative estimate of drug-likeness (QED) is 0.851. The number of nitrogens with one attached hydrogen (secondary N) is 1. The maximum absolute atomic E-state index is 12.6. The summed E-state index contributed by atoms with van der Waals surface area (Å²) in [6.07, 6.45) is 6.05. The van der Waals surface area contributed by atoms with E-state index in [4.69, 9.17) is 0 Å². The average Bonchev–Trinajstić information content (AvgIpc) is 3.04. The molecule has 7 heteroatoms. The fourth-order valence-electron chi connectivity index (χ4n) is 3.79. The van der Waals surface area contributed by atoms with E-state index in [0.717, 1.165) is 36.9 Å². The first-order valence-corrected chi connectivity index (χ1v) is 11.0. The van der Waals surface area contributed by atoms with Crippen molar-refractivity contribution in [1.29, 1.82) is 0 Å². The van der Waals surface area contributed by atoms with Gasteiger partial charge in [0, 0.05) is 31.6 Å². The maximum atomic E-state index is 12.6. The van der Waals surface area contributed by atoms with Crippen molar-refractivity contribution in [2.45, 2.75) is 62.8 Å². The molecule has 1 fully saturated rings. The SMILES string of the molecule is CC(=O)N1CCc2cc(S(=O)(=O)CCC(=O)NC3CCCCC3)ccc21. The standard InChI is InChI=1S/C19H26N2O4S/c1-14(22)21-11-9-15-13-17(7-8-18(15)21)26(24,25)12-10-19(23)20-16-5-3-2-4-6-16/h7-8,13,16H,2-6,9-12H2,1H3,(H,20,23). The molecule has 1 aliphatic heterocycles.